The maximum atomic E-state index is 12.8. The molecule has 1 aromatic heterocycles. The van der Waals surface area contributed by atoms with Gasteiger partial charge in [-0.3, -0.25) is 4.98 Å². The Kier molecular flexibility index (Phi) is 10.7. The standard InChI is InChI=1S/C22H30N2O2.2ClH/c1-13(2)11-19-18(12-23)21(17-9-7-15(5)8-10-17)20(16(6)24-19)22(25)26-14(3)4;;/h7-10,13-14H,11-12,23H2,1-6H3;2*1H. The summed E-state index contributed by atoms with van der Waals surface area (Å²) in [6.07, 6.45) is 0.635. The number of aromatic nitrogens is 1. The molecule has 0 saturated carbocycles. The molecular weight excluding hydrogens is 395 g/mol. The molecule has 0 radical (unpaired) electrons. The van der Waals surface area contributed by atoms with Gasteiger partial charge in [-0.05, 0) is 51.2 Å². The summed E-state index contributed by atoms with van der Waals surface area (Å²) in [6.45, 7) is 12.3. The third-order valence-electron chi connectivity index (χ3n) is 4.26. The number of ether oxygens (including phenoxy) is 1. The summed E-state index contributed by atoms with van der Waals surface area (Å²) in [6, 6.07) is 8.17. The zero-order valence-corrected chi connectivity index (χ0v) is 19.2. The maximum absolute atomic E-state index is 12.8. The minimum atomic E-state index is -0.341. The highest BCUT2D eigenvalue weighted by molar-refractivity contribution is 5.99. The summed E-state index contributed by atoms with van der Waals surface area (Å²) >= 11 is 0. The first-order valence-corrected chi connectivity index (χ1v) is 9.25. The first-order valence-electron chi connectivity index (χ1n) is 9.25. The lowest BCUT2D eigenvalue weighted by Crippen LogP contribution is -2.19. The third kappa shape index (κ3) is 6.20. The summed E-state index contributed by atoms with van der Waals surface area (Å²) in [5, 5.41) is 0. The van der Waals surface area contributed by atoms with Gasteiger partial charge in [0, 0.05) is 17.8 Å². The van der Waals surface area contributed by atoms with E-state index >= 15 is 0 Å². The number of hydrogen-bond acceptors (Lipinski definition) is 4. The van der Waals surface area contributed by atoms with Crippen LogP contribution in [0.25, 0.3) is 11.1 Å². The Labute approximate surface area is 181 Å². The minimum Gasteiger partial charge on any atom is -0.459 e. The van der Waals surface area contributed by atoms with Crippen molar-refractivity contribution in [1.82, 2.24) is 4.98 Å². The van der Waals surface area contributed by atoms with Crippen LogP contribution in [-0.4, -0.2) is 17.1 Å². The predicted octanol–water partition coefficient (Wildman–Crippen LogP) is 5.43. The smallest absolute Gasteiger partial charge is 0.340 e. The molecule has 1 aromatic carbocycles. The lowest BCUT2D eigenvalue weighted by atomic mass is 9.89. The van der Waals surface area contributed by atoms with E-state index in [9.17, 15) is 4.79 Å². The second-order valence-corrected chi connectivity index (χ2v) is 7.49. The van der Waals surface area contributed by atoms with Crippen molar-refractivity contribution in [3.8, 4) is 11.1 Å². The van der Waals surface area contributed by atoms with Crippen LogP contribution in [-0.2, 0) is 17.7 Å². The van der Waals surface area contributed by atoms with Crippen LogP contribution in [0.1, 0.15) is 60.6 Å². The van der Waals surface area contributed by atoms with Gasteiger partial charge in [-0.2, -0.15) is 0 Å². The zero-order chi connectivity index (χ0) is 19.4. The van der Waals surface area contributed by atoms with E-state index in [1.54, 1.807) is 0 Å². The number of esters is 1. The molecule has 0 bridgehead atoms. The molecule has 0 saturated heterocycles. The Balaban J connectivity index is 0.00000364. The number of rotatable bonds is 6. The summed E-state index contributed by atoms with van der Waals surface area (Å²) in [4.78, 5) is 17.6. The highest BCUT2D eigenvalue weighted by Crippen LogP contribution is 2.33. The number of carbonyl (C=O) groups is 1. The van der Waals surface area contributed by atoms with Crippen LogP contribution >= 0.6 is 24.8 Å². The van der Waals surface area contributed by atoms with Gasteiger partial charge < -0.3 is 10.5 Å². The van der Waals surface area contributed by atoms with Crippen LogP contribution in [0.5, 0.6) is 0 Å². The van der Waals surface area contributed by atoms with Gasteiger partial charge >= 0.3 is 5.97 Å². The maximum Gasteiger partial charge on any atom is 0.340 e. The Hall–Kier alpha value is -1.62. The molecule has 28 heavy (non-hydrogen) atoms. The topological polar surface area (TPSA) is 65.2 Å². The molecule has 0 unspecified atom stereocenters. The highest BCUT2D eigenvalue weighted by atomic mass is 35.5. The highest BCUT2D eigenvalue weighted by Gasteiger charge is 2.25. The molecule has 0 aliphatic heterocycles. The Morgan fingerprint density at radius 1 is 1.07 bits per heavy atom. The second-order valence-electron chi connectivity index (χ2n) is 7.49. The molecule has 2 aromatic rings. The number of nitrogens with zero attached hydrogens (tertiary/aromatic N) is 1. The van der Waals surface area contributed by atoms with E-state index in [-0.39, 0.29) is 36.9 Å². The van der Waals surface area contributed by atoms with E-state index in [4.69, 9.17) is 15.5 Å². The molecule has 0 atom stereocenters. The minimum absolute atomic E-state index is 0. The molecule has 0 aliphatic carbocycles. The van der Waals surface area contributed by atoms with Gasteiger partial charge in [-0.25, -0.2) is 4.79 Å². The Bertz CT molecular complexity index is 788. The normalized spacial score (nSPS) is 10.5. The van der Waals surface area contributed by atoms with E-state index in [0.29, 0.717) is 23.7 Å². The first kappa shape index (κ1) is 26.4. The van der Waals surface area contributed by atoms with Crippen molar-refractivity contribution >= 4 is 30.8 Å². The SMILES string of the molecule is Cc1ccc(-c2c(CN)c(CC(C)C)nc(C)c2C(=O)OC(C)C)cc1.Cl.Cl. The van der Waals surface area contributed by atoms with Gasteiger partial charge in [0.1, 0.15) is 0 Å². The predicted molar refractivity (Wildman–Crippen MR) is 121 cm³/mol. The molecule has 0 aliphatic rings. The molecule has 1 heterocycles. The molecule has 156 valence electrons. The van der Waals surface area contributed by atoms with Crippen LogP contribution in [0.2, 0.25) is 0 Å². The van der Waals surface area contributed by atoms with E-state index in [1.165, 1.54) is 5.56 Å². The second kappa shape index (κ2) is 11.4. The number of benzene rings is 1. The molecule has 6 heteroatoms. The van der Waals surface area contributed by atoms with Crippen LogP contribution in [0.3, 0.4) is 0 Å². The van der Waals surface area contributed by atoms with Crippen molar-refractivity contribution in [2.24, 2.45) is 11.7 Å². The van der Waals surface area contributed by atoms with E-state index < -0.39 is 0 Å². The number of pyridine rings is 1. The van der Waals surface area contributed by atoms with Crippen molar-refractivity contribution in [2.45, 2.75) is 60.6 Å². The first-order chi connectivity index (χ1) is 12.2. The van der Waals surface area contributed by atoms with Gasteiger partial charge in [0.2, 0.25) is 0 Å². The average molecular weight is 427 g/mol. The lowest BCUT2D eigenvalue weighted by molar-refractivity contribution is 0.0377. The Morgan fingerprint density at radius 2 is 1.64 bits per heavy atom. The van der Waals surface area contributed by atoms with Crippen molar-refractivity contribution in [1.29, 1.82) is 0 Å². The van der Waals surface area contributed by atoms with Crippen LogP contribution in [0.15, 0.2) is 24.3 Å². The molecule has 2 rings (SSSR count). The Morgan fingerprint density at radius 3 is 2.11 bits per heavy atom. The van der Waals surface area contributed by atoms with Gasteiger partial charge in [0.05, 0.1) is 17.4 Å². The van der Waals surface area contributed by atoms with Gasteiger partial charge in [0.15, 0.2) is 0 Å². The fourth-order valence-corrected chi connectivity index (χ4v) is 3.14. The largest absolute Gasteiger partial charge is 0.459 e. The van der Waals surface area contributed by atoms with Gasteiger partial charge in [0.25, 0.3) is 0 Å². The van der Waals surface area contributed by atoms with E-state index in [0.717, 1.165) is 28.8 Å². The number of nitrogens with two attached hydrogens (primary N) is 1. The fourth-order valence-electron chi connectivity index (χ4n) is 3.14. The van der Waals surface area contributed by atoms with Crippen LogP contribution in [0, 0.1) is 19.8 Å². The number of hydrogen-bond donors (Lipinski definition) is 1. The number of aryl methyl sites for hydroxylation is 2. The van der Waals surface area contributed by atoms with Crippen molar-refractivity contribution in [3.05, 3.63) is 52.3 Å². The van der Waals surface area contributed by atoms with Crippen LogP contribution < -0.4 is 5.73 Å². The molecule has 0 spiro atoms. The monoisotopic (exact) mass is 426 g/mol. The van der Waals surface area contributed by atoms with Crippen molar-refractivity contribution < 1.29 is 9.53 Å². The molecule has 0 amide bonds. The van der Waals surface area contributed by atoms with E-state index in [1.807, 2.05) is 52.0 Å². The third-order valence-corrected chi connectivity index (χ3v) is 4.26. The molecular formula is C22H32Cl2N2O2. The zero-order valence-electron chi connectivity index (χ0n) is 17.5. The average Bonchev–Trinajstić information content (AvgIpc) is 2.53. The summed E-state index contributed by atoms with van der Waals surface area (Å²) in [5.41, 5.74) is 12.2. The summed E-state index contributed by atoms with van der Waals surface area (Å²) in [7, 11) is 0. The van der Waals surface area contributed by atoms with E-state index in [2.05, 4.69) is 13.8 Å². The van der Waals surface area contributed by atoms with Crippen molar-refractivity contribution in [3.63, 3.8) is 0 Å². The summed E-state index contributed by atoms with van der Waals surface area (Å²) < 4.78 is 5.50. The molecule has 0 fully saturated rings. The lowest BCUT2D eigenvalue weighted by Gasteiger charge is -2.21. The van der Waals surface area contributed by atoms with Crippen molar-refractivity contribution in [2.75, 3.05) is 0 Å². The quantitative estimate of drug-likeness (QED) is 0.625. The van der Waals surface area contributed by atoms with Crippen LogP contribution in [0.4, 0.5) is 0 Å². The molecule has 4 nitrogen and oxygen atoms in total. The van der Waals surface area contributed by atoms with Gasteiger partial charge in [-0.15, -0.1) is 24.8 Å². The number of carbonyl (C=O) groups excluding carboxylic acids is 1. The fraction of sp³-hybridized carbons (Fsp3) is 0.455. The molecule has 2 N–H and O–H groups in total. The van der Waals surface area contributed by atoms with Gasteiger partial charge in [-0.1, -0.05) is 43.7 Å². The summed E-state index contributed by atoms with van der Waals surface area (Å²) in [5.74, 6) is 0.109. The number of halogens is 2.